The minimum Gasteiger partial charge on any atom is -0.370 e. The van der Waals surface area contributed by atoms with Gasteiger partial charge in [-0.2, -0.15) is 0 Å². The highest BCUT2D eigenvalue weighted by molar-refractivity contribution is 9.10. The maximum Gasteiger partial charge on any atom is 0.258 e. The molecule has 2 atom stereocenters. The van der Waals surface area contributed by atoms with Crippen molar-refractivity contribution in [2.24, 2.45) is 0 Å². The van der Waals surface area contributed by atoms with Crippen LogP contribution in [0.1, 0.15) is 50.4 Å². The molecule has 0 aromatic carbocycles. The summed E-state index contributed by atoms with van der Waals surface area (Å²) in [5, 5.41) is 3.17. The Morgan fingerprint density at radius 3 is 2.70 bits per heavy atom. The molecule has 0 radical (unpaired) electrons. The van der Waals surface area contributed by atoms with Crippen LogP contribution in [0.2, 0.25) is 0 Å². The van der Waals surface area contributed by atoms with Gasteiger partial charge < -0.3 is 10.2 Å². The van der Waals surface area contributed by atoms with Gasteiger partial charge in [0.2, 0.25) is 0 Å². The number of amides is 1. The lowest BCUT2D eigenvalue weighted by molar-refractivity contribution is 0.0511. The number of aromatic nitrogens is 1. The van der Waals surface area contributed by atoms with Crippen molar-refractivity contribution >= 4 is 27.7 Å². The molecule has 1 amide bonds. The number of likely N-dealkylation sites (tertiary alicyclic amines) is 1. The highest BCUT2D eigenvalue weighted by Gasteiger charge is 2.31. The van der Waals surface area contributed by atoms with Gasteiger partial charge in [0, 0.05) is 29.3 Å². The lowest BCUT2D eigenvalue weighted by Gasteiger charge is -2.39. The summed E-state index contributed by atoms with van der Waals surface area (Å²) in [6.07, 6.45) is 5.07. The highest BCUT2D eigenvalue weighted by atomic mass is 79.9. The standard InChI is InChI=1S/C15H22BrN3O/c1-4-17-14-13(8-12(16)9-18-14)15(20)19-10(2)6-5-7-11(19)3/h8-11H,4-7H2,1-3H3,(H,17,18)/t10-,11+. The van der Waals surface area contributed by atoms with Crippen LogP contribution in [-0.4, -0.2) is 34.4 Å². The van der Waals surface area contributed by atoms with Gasteiger partial charge in [-0.15, -0.1) is 0 Å². The van der Waals surface area contributed by atoms with Crippen LogP contribution in [0.25, 0.3) is 0 Å². The molecule has 0 saturated carbocycles. The first kappa shape index (κ1) is 15.3. The zero-order valence-electron chi connectivity index (χ0n) is 12.3. The Hall–Kier alpha value is -1.10. The van der Waals surface area contributed by atoms with E-state index in [9.17, 15) is 4.79 Å². The lowest BCUT2D eigenvalue weighted by Crippen LogP contribution is -2.47. The average Bonchev–Trinajstić information content (AvgIpc) is 2.40. The van der Waals surface area contributed by atoms with Crippen molar-refractivity contribution < 1.29 is 4.79 Å². The number of pyridine rings is 1. The van der Waals surface area contributed by atoms with E-state index in [1.165, 1.54) is 6.42 Å². The summed E-state index contributed by atoms with van der Waals surface area (Å²) in [5.41, 5.74) is 0.654. The summed E-state index contributed by atoms with van der Waals surface area (Å²) in [4.78, 5) is 19.2. The highest BCUT2D eigenvalue weighted by Crippen LogP contribution is 2.27. The molecule has 1 aliphatic heterocycles. The van der Waals surface area contributed by atoms with Gasteiger partial charge in [0.05, 0.1) is 5.56 Å². The Morgan fingerprint density at radius 2 is 2.10 bits per heavy atom. The van der Waals surface area contributed by atoms with Crippen LogP contribution in [0.15, 0.2) is 16.7 Å². The molecule has 5 heteroatoms. The SMILES string of the molecule is CCNc1ncc(Br)cc1C(=O)N1[C@H](C)CCC[C@@H]1C. The summed E-state index contributed by atoms with van der Waals surface area (Å²) in [6.45, 7) is 7.02. The number of carbonyl (C=O) groups is 1. The van der Waals surface area contributed by atoms with Crippen molar-refractivity contribution in [1.82, 2.24) is 9.88 Å². The number of hydrogen-bond acceptors (Lipinski definition) is 3. The van der Waals surface area contributed by atoms with Gasteiger partial charge in [0.1, 0.15) is 5.82 Å². The van der Waals surface area contributed by atoms with Crippen LogP contribution in [0.5, 0.6) is 0 Å². The molecule has 110 valence electrons. The van der Waals surface area contributed by atoms with Crippen molar-refractivity contribution in [3.05, 3.63) is 22.3 Å². The largest absolute Gasteiger partial charge is 0.370 e. The lowest BCUT2D eigenvalue weighted by atomic mass is 9.96. The van der Waals surface area contributed by atoms with Crippen LogP contribution in [0, 0.1) is 0 Å². The van der Waals surface area contributed by atoms with Gasteiger partial charge in [-0.25, -0.2) is 4.98 Å². The van der Waals surface area contributed by atoms with Crippen molar-refractivity contribution in [2.75, 3.05) is 11.9 Å². The molecule has 1 saturated heterocycles. The number of rotatable bonds is 3. The molecule has 1 aromatic rings. The van der Waals surface area contributed by atoms with Crippen molar-refractivity contribution in [3.8, 4) is 0 Å². The van der Waals surface area contributed by atoms with Crippen LogP contribution >= 0.6 is 15.9 Å². The van der Waals surface area contributed by atoms with Gasteiger partial charge in [0.15, 0.2) is 0 Å². The summed E-state index contributed by atoms with van der Waals surface area (Å²) in [5.74, 6) is 0.750. The first-order valence-electron chi connectivity index (χ1n) is 7.26. The number of hydrogen-bond donors (Lipinski definition) is 1. The molecule has 0 aliphatic carbocycles. The summed E-state index contributed by atoms with van der Waals surface area (Å²) in [6, 6.07) is 2.45. The second-order valence-corrected chi connectivity index (χ2v) is 6.34. The molecule has 1 N–H and O–H groups in total. The second kappa shape index (κ2) is 6.57. The fourth-order valence-electron chi connectivity index (χ4n) is 2.87. The van der Waals surface area contributed by atoms with E-state index in [0.717, 1.165) is 23.9 Å². The van der Waals surface area contributed by atoms with Crippen LogP contribution in [-0.2, 0) is 0 Å². The topological polar surface area (TPSA) is 45.2 Å². The predicted molar refractivity (Wildman–Crippen MR) is 85.0 cm³/mol. The zero-order valence-corrected chi connectivity index (χ0v) is 13.9. The Morgan fingerprint density at radius 1 is 1.45 bits per heavy atom. The van der Waals surface area contributed by atoms with E-state index in [1.807, 2.05) is 17.9 Å². The number of piperidine rings is 1. The minimum absolute atomic E-state index is 0.0782. The first-order valence-corrected chi connectivity index (χ1v) is 8.06. The van der Waals surface area contributed by atoms with Crippen molar-refractivity contribution in [1.29, 1.82) is 0 Å². The second-order valence-electron chi connectivity index (χ2n) is 5.42. The van der Waals surface area contributed by atoms with E-state index in [0.29, 0.717) is 23.5 Å². The van der Waals surface area contributed by atoms with Crippen molar-refractivity contribution in [3.63, 3.8) is 0 Å². The molecule has 20 heavy (non-hydrogen) atoms. The number of halogens is 1. The normalized spacial score (nSPS) is 22.7. The molecule has 2 rings (SSSR count). The van der Waals surface area contributed by atoms with Gasteiger partial charge in [0.25, 0.3) is 5.91 Å². The average molecular weight is 340 g/mol. The Bertz CT molecular complexity index is 482. The molecule has 0 unspecified atom stereocenters. The number of nitrogens with zero attached hydrogens (tertiary/aromatic N) is 2. The first-order chi connectivity index (χ1) is 9.54. The predicted octanol–water partition coefficient (Wildman–Crippen LogP) is 3.68. The number of carbonyl (C=O) groups excluding carboxylic acids is 1. The maximum absolute atomic E-state index is 12.9. The van der Waals surface area contributed by atoms with Gasteiger partial charge in [-0.3, -0.25) is 4.79 Å². The molecule has 1 aromatic heterocycles. The minimum atomic E-state index is 0.0782. The number of nitrogens with one attached hydrogen (secondary N) is 1. The monoisotopic (exact) mass is 339 g/mol. The molecule has 4 nitrogen and oxygen atoms in total. The third kappa shape index (κ3) is 3.14. The molecule has 2 heterocycles. The Balaban J connectivity index is 2.34. The van der Waals surface area contributed by atoms with E-state index < -0.39 is 0 Å². The molecule has 1 aliphatic rings. The quantitative estimate of drug-likeness (QED) is 0.913. The Labute approximate surface area is 129 Å². The maximum atomic E-state index is 12.9. The fraction of sp³-hybridized carbons (Fsp3) is 0.600. The van der Waals surface area contributed by atoms with Gasteiger partial charge >= 0.3 is 0 Å². The zero-order chi connectivity index (χ0) is 14.7. The third-order valence-electron chi connectivity index (χ3n) is 3.86. The molecule has 0 spiro atoms. The molecule has 0 bridgehead atoms. The van der Waals surface area contributed by atoms with Crippen molar-refractivity contribution in [2.45, 2.75) is 52.1 Å². The Kier molecular flexibility index (Phi) is 5.02. The molecule has 1 fully saturated rings. The van der Waals surface area contributed by atoms with Crippen LogP contribution < -0.4 is 5.32 Å². The van der Waals surface area contributed by atoms with E-state index in [1.54, 1.807) is 6.20 Å². The van der Waals surface area contributed by atoms with E-state index in [4.69, 9.17) is 0 Å². The van der Waals surface area contributed by atoms with E-state index in [-0.39, 0.29) is 5.91 Å². The van der Waals surface area contributed by atoms with Crippen LogP contribution in [0.4, 0.5) is 5.82 Å². The van der Waals surface area contributed by atoms with Gasteiger partial charge in [-0.1, -0.05) is 0 Å². The van der Waals surface area contributed by atoms with E-state index in [2.05, 4.69) is 40.1 Å². The molecular formula is C15H22BrN3O. The number of anilines is 1. The molecular weight excluding hydrogens is 318 g/mol. The third-order valence-corrected chi connectivity index (χ3v) is 4.29. The van der Waals surface area contributed by atoms with Gasteiger partial charge in [-0.05, 0) is 62.0 Å². The fourth-order valence-corrected chi connectivity index (χ4v) is 3.20. The van der Waals surface area contributed by atoms with Crippen LogP contribution in [0.3, 0.4) is 0 Å². The summed E-state index contributed by atoms with van der Waals surface area (Å²) in [7, 11) is 0. The van der Waals surface area contributed by atoms with E-state index >= 15 is 0 Å². The smallest absolute Gasteiger partial charge is 0.258 e. The summed E-state index contributed by atoms with van der Waals surface area (Å²) < 4.78 is 0.833. The summed E-state index contributed by atoms with van der Waals surface area (Å²) >= 11 is 3.41.